The van der Waals surface area contributed by atoms with E-state index in [0.717, 1.165) is 21.9 Å². The van der Waals surface area contributed by atoms with Gasteiger partial charge in [0, 0.05) is 6.92 Å². The van der Waals surface area contributed by atoms with E-state index in [1.807, 2.05) is 31.2 Å². The molecule has 0 aliphatic carbocycles. The molecule has 2 rings (SSSR count). The first-order valence-corrected chi connectivity index (χ1v) is 7.75. The average Bonchev–Trinajstić information content (AvgIpc) is 2.76. The molecule has 0 atom stereocenters. The van der Waals surface area contributed by atoms with Gasteiger partial charge >= 0.3 is 0 Å². The number of carbonyl (C=O) groups is 1. The third-order valence-corrected chi connectivity index (χ3v) is 3.88. The van der Waals surface area contributed by atoms with Gasteiger partial charge in [-0.3, -0.25) is 4.79 Å². The Labute approximate surface area is 129 Å². The molecule has 1 amide bonds. The number of nitrogens with zero attached hydrogens (tertiary/aromatic N) is 1. The van der Waals surface area contributed by atoms with Gasteiger partial charge in [0.25, 0.3) is 0 Å². The summed E-state index contributed by atoms with van der Waals surface area (Å²) in [6.45, 7) is 8.37. The summed E-state index contributed by atoms with van der Waals surface area (Å²) < 4.78 is 5.76. The van der Waals surface area contributed by atoms with Crippen molar-refractivity contribution in [3.05, 3.63) is 30.0 Å². The van der Waals surface area contributed by atoms with Crippen LogP contribution >= 0.6 is 11.3 Å². The van der Waals surface area contributed by atoms with Crippen molar-refractivity contribution in [2.24, 2.45) is 5.92 Å². The predicted molar refractivity (Wildman–Crippen MR) is 86.9 cm³/mol. The lowest BCUT2D eigenvalue weighted by molar-refractivity contribution is -0.114. The van der Waals surface area contributed by atoms with Crippen molar-refractivity contribution in [1.29, 1.82) is 0 Å². The maximum Gasteiger partial charge on any atom is 0.223 e. The molecule has 21 heavy (non-hydrogen) atoms. The standard InChI is InChI=1S/C16H20N2O2S/c1-10(2)9-20-14-7-5-6-13(8-14)15-11(3)17-16(21-15)18-12(4)19/h5-8,10H,9H2,1-4H3,(H,17,18,19). The van der Waals surface area contributed by atoms with Crippen molar-refractivity contribution in [2.45, 2.75) is 27.7 Å². The van der Waals surface area contributed by atoms with Crippen LogP contribution < -0.4 is 10.1 Å². The SMILES string of the molecule is CC(=O)Nc1nc(C)c(-c2cccc(OCC(C)C)c2)s1. The number of carbonyl (C=O) groups excluding carboxylic acids is 1. The minimum atomic E-state index is -0.107. The monoisotopic (exact) mass is 304 g/mol. The van der Waals surface area contributed by atoms with Crippen LogP contribution in [0.1, 0.15) is 26.5 Å². The topological polar surface area (TPSA) is 51.2 Å². The Bertz CT molecular complexity index is 635. The highest BCUT2D eigenvalue weighted by Gasteiger charge is 2.11. The Balaban J connectivity index is 2.23. The molecule has 1 heterocycles. The quantitative estimate of drug-likeness (QED) is 0.904. The maximum absolute atomic E-state index is 11.1. The van der Waals surface area contributed by atoms with E-state index >= 15 is 0 Å². The first-order valence-electron chi connectivity index (χ1n) is 6.94. The van der Waals surface area contributed by atoms with Crippen molar-refractivity contribution in [3.63, 3.8) is 0 Å². The number of benzene rings is 1. The molecule has 0 saturated carbocycles. The molecule has 0 spiro atoms. The van der Waals surface area contributed by atoms with E-state index in [4.69, 9.17) is 4.74 Å². The Hall–Kier alpha value is -1.88. The highest BCUT2D eigenvalue weighted by Crippen LogP contribution is 2.34. The van der Waals surface area contributed by atoms with Crippen LogP contribution in [0.15, 0.2) is 24.3 Å². The van der Waals surface area contributed by atoms with E-state index in [9.17, 15) is 4.79 Å². The van der Waals surface area contributed by atoms with Gasteiger partial charge in [0.05, 0.1) is 17.2 Å². The van der Waals surface area contributed by atoms with Crippen LogP contribution in [0.4, 0.5) is 5.13 Å². The second-order valence-electron chi connectivity index (χ2n) is 5.35. The van der Waals surface area contributed by atoms with E-state index in [-0.39, 0.29) is 5.91 Å². The summed E-state index contributed by atoms with van der Waals surface area (Å²) in [5.41, 5.74) is 1.97. The molecule has 1 aromatic carbocycles. The molecule has 0 unspecified atom stereocenters. The summed E-state index contributed by atoms with van der Waals surface area (Å²) in [7, 11) is 0. The number of hydrogen-bond acceptors (Lipinski definition) is 4. The van der Waals surface area contributed by atoms with Crippen LogP contribution in [-0.2, 0) is 4.79 Å². The first-order chi connectivity index (χ1) is 9.95. The smallest absolute Gasteiger partial charge is 0.223 e. The molecule has 0 bridgehead atoms. The van der Waals surface area contributed by atoms with Crippen molar-refractivity contribution in [2.75, 3.05) is 11.9 Å². The number of nitrogens with one attached hydrogen (secondary N) is 1. The zero-order valence-electron chi connectivity index (χ0n) is 12.8. The van der Waals surface area contributed by atoms with Crippen LogP contribution in [-0.4, -0.2) is 17.5 Å². The van der Waals surface area contributed by atoms with Gasteiger partial charge in [-0.05, 0) is 30.5 Å². The molecule has 0 saturated heterocycles. The van der Waals surface area contributed by atoms with Gasteiger partial charge in [0.1, 0.15) is 5.75 Å². The van der Waals surface area contributed by atoms with E-state index in [1.54, 1.807) is 0 Å². The van der Waals surface area contributed by atoms with E-state index in [0.29, 0.717) is 17.7 Å². The fraction of sp³-hybridized carbons (Fsp3) is 0.375. The molecule has 0 aliphatic heterocycles. The fourth-order valence-corrected chi connectivity index (χ4v) is 2.87. The zero-order chi connectivity index (χ0) is 15.4. The highest BCUT2D eigenvalue weighted by atomic mass is 32.1. The van der Waals surface area contributed by atoms with Crippen LogP contribution in [0, 0.1) is 12.8 Å². The molecular weight excluding hydrogens is 284 g/mol. The molecule has 0 fully saturated rings. The highest BCUT2D eigenvalue weighted by molar-refractivity contribution is 7.19. The van der Waals surface area contributed by atoms with Gasteiger partial charge in [-0.1, -0.05) is 37.3 Å². The second-order valence-corrected chi connectivity index (χ2v) is 6.35. The number of aromatic nitrogens is 1. The van der Waals surface area contributed by atoms with Crippen molar-refractivity contribution in [1.82, 2.24) is 4.98 Å². The lowest BCUT2D eigenvalue weighted by Crippen LogP contribution is -2.04. The molecule has 0 aliphatic rings. The molecule has 1 aromatic heterocycles. The molecule has 1 N–H and O–H groups in total. The normalized spacial score (nSPS) is 10.7. The van der Waals surface area contributed by atoms with Gasteiger partial charge in [-0.15, -0.1) is 0 Å². The summed E-state index contributed by atoms with van der Waals surface area (Å²) in [5.74, 6) is 1.24. The summed E-state index contributed by atoms with van der Waals surface area (Å²) in [5, 5.41) is 3.36. The van der Waals surface area contributed by atoms with Crippen LogP contribution in [0.5, 0.6) is 5.75 Å². The van der Waals surface area contributed by atoms with Crippen molar-refractivity contribution in [3.8, 4) is 16.2 Å². The minimum Gasteiger partial charge on any atom is -0.493 e. The Morgan fingerprint density at radius 2 is 2.19 bits per heavy atom. The van der Waals surface area contributed by atoms with Gasteiger partial charge in [0.15, 0.2) is 5.13 Å². The van der Waals surface area contributed by atoms with E-state index in [2.05, 4.69) is 24.1 Å². The summed E-state index contributed by atoms with van der Waals surface area (Å²) in [6.07, 6.45) is 0. The predicted octanol–water partition coefficient (Wildman–Crippen LogP) is 4.11. The number of hydrogen-bond donors (Lipinski definition) is 1. The number of ether oxygens (including phenoxy) is 1. The third kappa shape index (κ3) is 4.29. The number of aryl methyl sites for hydroxylation is 1. The third-order valence-electron chi connectivity index (χ3n) is 2.76. The molecule has 4 nitrogen and oxygen atoms in total. The van der Waals surface area contributed by atoms with Crippen LogP contribution in [0.3, 0.4) is 0 Å². The maximum atomic E-state index is 11.1. The van der Waals surface area contributed by atoms with Crippen LogP contribution in [0.25, 0.3) is 10.4 Å². The Morgan fingerprint density at radius 3 is 2.86 bits per heavy atom. The van der Waals surface area contributed by atoms with Gasteiger partial charge < -0.3 is 10.1 Å². The molecule has 0 radical (unpaired) electrons. The number of anilines is 1. The molecule has 112 valence electrons. The fourth-order valence-electron chi connectivity index (χ4n) is 1.86. The van der Waals surface area contributed by atoms with Crippen molar-refractivity contribution < 1.29 is 9.53 Å². The zero-order valence-corrected chi connectivity index (χ0v) is 13.6. The summed E-state index contributed by atoms with van der Waals surface area (Å²) in [4.78, 5) is 16.5. The van der Waals surface area contributed by atoms with Gasteiger partial charge in [-0.2, -0.15) is 0 Å². The molecule has 5 heteroatoms. The van der Waals surface area contributed by atoms with Gasteiger partial charge in [-0.25, -0.2) is 4.98 Å². The van der Waals surface area contributed by atoms with E-state index in [1.165, 1.54) is 18.3 Å². The number of thiazole rings is 1. The lowest BCUT2D eigenvalue weighted by atomic mass is 10.1. The summed E-state index contributed by atoms with van der Waals surface area (Å²) in [6, 6.07) is 7.97. The Kier molecular flexibility index (Phi) is 4.96. The minimum absolute atomic E-state index is 0.107. The number of amides is 1. The van der Waals surface area contributed by atoms with Gasteiger partial charge in [0.2, 0.25) is 5.91 Å². The molecule has 2 aromatic rings. The Morgan fingerprint density at radius 1 is 1.43 bits per heavy atom. The molecular formula is C16H20N2O2S. The van der Waals surface area contributed by atoms with Crippen LogP contribution in [0.2, 0.25) is 0 Å². The average molecular weight is 304 g/mol. The largest absolute Gasteiger partial charge is 0.493 e. The second kappa shape index (κ2) is 6.72. The first kappa shape index (κ1) is 15.5. The van der Waals surface area contributed by atoms with Crippen molar-refractivity contribution >= 4 is 22.4 Å². The number of rotatable bonds is 5. The van der Waals surface area contributed by atoms with E-state index < -0.39 is 0 Å². The lowest BCUT2D eigenvalue weighted by Gasteiger charge is -2.09. The summed E-state index contributed by atoms with van der Waals surface area (Å²) >= 11 is 1.48.